The number of rotatable bonds is 4. The molecule has 0 bridgehead atoms. The molecule has 1 aromatic heterocycles. The third-order valence-corrected chi connectivity index (χ3v) is 4.13. The first-order valence-electron chi connectivity index (χ1n) is 7.72. The van der Waals surface area contributed by atoms with Crippen LogP contribution >= 0.6 is 0 Å². The van der Waals surface area contributed by atoms with Crippen molar-refractivity contribution in [1.29, 1.82) is 5.41 Å². The quantitative estimate of drug-likeness (QED) is 0.513. The number of hydrogen-bond acceptors (Lipinski definition) is 6. The van der Waals surface area contributed by atoms with Gasteiger partial charge in [-0.3, -0.25) is 5.41 Å². The highest BCUT2D eigenvalue weighted by molar-refractivity contribution is 6.14. The fourth-order valence-electron chi connectivity index (χ4n) is 2.84. The molecule has 0 unspecified atom stereocenters. The lowest BCUT2D eigenvalue weighted by molar-refractivity contribution is 0.573. The summed E-state index contributed by atoms with van der Waals surface area (Å²) >= 11 is 0. The molecule has 0 aliphatic carbocycles. The Bertz CT molecular complexity index is 738. The summed E-state index contributed by atoms with van der Waals surface area (Å²) in [7, 11) is 0. The van der Waals surface area contributed by atoms with Gasteiger partial charge in [0.15, 0.2) is 0 Å². The number of anilines is 2. The summed E-state index contributed by atoms with van der Waals surface area (Å²) in [6.45, 7) is 1.99. The van der Waals surface area contributed by atoms with Crippen molar-refractivity contribution in [3.05, 3.63) is 52.6 Å². The Morgan fingerprint density at radius 1 is 1.17 bits per heavy atom. The summed E-state index contributed by atoms with van der Waals surface area (Å²) in [6, 6.07) is 8.40. The van der Waals surface area contributed by atoms with Gasteiger partial charge in [0, 0.05) is 36.1 Å². The Labute approximate surface area is 134 Å². The second kappa shape index (κ2) is 6.56. The number of pyridine rings is 1. The lowest BCUT2D eigenvalue weighted by atomic mass is 10.0. The van der Waals surface area contributed by atoms with E-state index in [1.807, 2.05) is 6.07 Å². The van der Waals surface area contributed by atoms with Gasteiger partial charge >= 0.3 is 0 Å². The molecule has 118 valence electrons. The molecule has 0 saturated carbocycles. The van der Waals surface area contributed by atoms with Crippen LogP contribution in [0.15, 0.2) is 41.7 Å². The largest absolute Gasteiger partial charge is 0.398 e. The molecule has 6 nitrogen and oxygen atoms in total. The zero-order chi connectivity index (χ0) is 16.2. The highest BCUT2D eigenvalue weighted by Crippen LogP contribution is 2.24. The highest BCUT2D eigenvalue weighted by Gasteiger charge is 2.15. The van der Waals surface area contributed by atoms with Crippen LogP contribution in [-0.4, -0.2) is 23.8 Å². The fraction of sp³-hybridized carbons (Fsp3) is 0.294. The van der Waals surface area contributed by atoms with Crippen molar-refractivity contribution >= 4 is 22.9 Å². The predicted octanol–water partition coefficient (Wildman–Crippen LogP) is 3.47. The van der Waals surface area contributed by atoms with Crippen molar-refractivity contribution in [1.82, 2.24) is 4.98 Å². The van der Waals surface area contributed by atoms with Crippen LogP contribution in [0.25, 0.3) is 0 Å². The van der Waals surface area contributed by atoms with Crippen LogP contribution in [0.3, 0.4) is 0 Å². The minimum Gasteiger partial charge on any atom is -0.398 e. The maximum Gasteiger partial charge on any atom is 0.129 e. The first-order valence-corrected chi connectivity index (χ1v) is 7.72. The van der Waals surface area contributed by atoms with Crippen molar-refractivity contribution in [2.75, 3.05) is 23.7 Å². The Hall–Kier alpha value is -2.76. The molecule has 1 aliphatic rings. The molecule has 3 rings (SSSR count). The van der Waals surface area contributed by atoms with Gasteiger partial charge in [0.05, 0.1) is 5.71 Å². The molecule has 1 aliphatic heterocycles. The van der Waals surface area contributed by atoms with Crippen molar-refractivity contribution in [3.63, 3.8) is 0 Å². The predicted molar refractivity (Wildman–Crippen MR) is 92.5 cm³/mol. The molecule has 3 N–H and O–H groups in total. The van der Waals surface area contributed by atoms with E-state index < -0.39 is 0 Å². The van der Waals surface area contributed by atoms with Crippen molar-refractivity contribution < 1.29 is 0 Å². The summed E-state index contributed by atoms with van der Waals surface area (Å²) in [4.78, 5) is 17.4. The minimum atomic E-state index is 0.268. The molecule has 0 atom stereocenters. The van der Waals surface area contributed by atoms with Crippen LogP contribution in [0.1, 0.15) is 30.4 Å². The van der Waals surface area contributed by atoms with Crippen LogP contribution in [0.4, 0.5) is 17.2 Å². The maximum absolute atomic E-state index is 10.7. The molecule has 0 spiro atoms. The van der Waals surface area contributed by atoms with E-state index in [2.05, 4.69) is 15.1 Å². The average Bonchev–Trinajstić information content (AvgIpc) is 2.62. The van der Waals surface area contributed by atoms with E-state index in [-0.39, 0.29) is 11.4 Å². The number of nitrogens with one attached hydrogen (secondary N) is 1. The number of piperidine rings is 1. The van der Waals surface area contributed by atoms with E-state index in [0.29, 0.717) is 11.3 Å². The van der Waals surface area contributed by atoms with Gasteiger partial charge in [-0.15, -0.1) is 4.91 Å². The molecule has 2 heterocycles. The molecule has 1 fully saturated rings. The van der Waals surface area contributed by atoms with Gasteiger partial charge in [0.1, 0.15) is 11.5 Å². The normalized spacial score (nSPS) is 14.5. The molecular formula is C17H19N5O. The molecule has 6 heteroatoms. The first-order chi connectivity index (χ1) is 11.2. The van der Waals surface area contributed by atoms with E-state index >= 15 is 0 Å². The van der Waals surface area contributed by atoms with Gasteiger partial charge < -0.3 is 10.6 Å². The first kappa shape index (κ1) is 15.1. The molecule has 0 amide bonds. The number of nitrogens with zero attached hydrogens (tertiary/aromatic N) is 3. The summed E-state index contributed by atoms with van der Waals surface area (Å²) in [5.74, 6) is 0.884. The summed E-state index contributed by atoms with van der Waals surface area (Å²) in [5.41, 5.74) is 8.19. The van der Waals surface area contributed by atoms with Crippen LogP contribution in [0.5, 0.6) is 0 Å². The number of benzene rings is 1. The summed E-state index contributed by atoms with van der Waals surface area (Å²) < 4.78 is 0. The van der Waals surface area contributed by atoms with E-state index in [9.17, 15) is 4.91 Å². The SMILES string of the molecule is N=C(c1ccnc(N2CCCCC2)c1)c1cc(N=O)ccc1N. The second-order valence-corrected chi connectivity index (χ2v) is 5.69. The Morgan fingerprint density at radius 3 is 2.70 bits per heavy atom. The number of nitrogen functional groups attached to an aromatic ring is 1. The molecule has 1 saturated heterocycles. The molecular weight excluding hydrogens is 290 g/mol. The molecule has 0 radical (unpaired) electrons. The van der Waals surface area contributed by atoms with Crippen molar-refractivity contribution in [2.45, 2.75) is 19.3 Å². The van der Waals surface area contributed by atoms with Crippen LogP contribution < -0.4 is 10.6 Å². The topological polar surface area (TPSA) is 95.4 Å². The number of nitrogens with two attached hydrogens (primary N) is 1. The molecule has 2 aromatic rings. The fourth-order valence-corrected chi connectivity index (χ4v) is 2.84. The van der Waals surface area contributed by atoms with E-state index in [1.54, 1.807) is 30.5 Å². The van der Waals surface area contributed by atoms with E-state index in [4.69, 9.17) is 11.1 Å². The smallest absolute Gasteiger partial charge is 0.129 e. The number of hydrogen-bond donors (Lipinski definition) is 2. The standard InChI is InChI=1S/C17H19N5O/c18-15-5-4-13(21-23)11-14(15)17(19)12-6-7-20-16(10-12)22-8-2-1-3-9-22/h4-7,10-11,19H,1-3,8-9,18H2. The highest BCUT2D eigenvalue weighted by atomic mass is 16.3. The average molecular weight is 309 g/mol. The van der Waals surface area contributed by atoms with Crippen molar-refractivity contribution in [3.8, 4) is 0 Å². The van der Waals surface area contributed by atoms with E-state index in [1.165, 1.54) is 19.3 Å². The number of aromatic nitrogens is 1. The Balaban J connectivity index is 1.92. The minimum absolute atomic E-state index is 0.268. The van der Waals surface area contributed by atoms with Crippen molar-refractivity contribution in [2.24, 2.45) is 5.18 Å². The van der Waals surface area contributed by atoms with Gasteiger partial charge in [0.2, 0.25) is 0 Å². The Kier molecular flexibility index (Phi) is 4.32. The monoisotopic (exact) mass is 309 g/mol. The Morgan fingerprint density at radius 2 is 1.96 bits per heavy atom. The summed E-state index contributed by atoms with van der Waals surface area (Å²) in [5, 5.41) is 11.3. The number of nitroso groups, excluding NO2 is 1. The lowest BCUT2D eigenvalue weighted by Gasteiger charge is -2.28. The van der Waals surface area contributed by atoms with Gasteiger partial charge in [-0.2, -0.15) is 0 Å². The van der Waals surface area contributed by atoms with E-state index in [0.717, 1.165) is 24.5 Å². The van der Waals surface area contributed by atoms with Crippen LogP contribution in [0.2, 0.25) is 0 Å². The lowest BCUT2D eigenvalue weighted by Crippen LogP contribution is -2.30. The zero-order valence-electron chi connectivity index (χ0n) is 12.8. The third-order valence-electron chi connectivity index (χ3n) is 4.13. The maximum atomic E-state index is 10.7. The van der Waals surface area contributed by atoms with Gasteiger partial charge in [-0.05, 0) is 54.8 Å². The second-order valence-electron chi connectivity index (χ2n) is 5.69. The molecule has 23 heavy (non-hydrogen) atoms. The van der Waals surface area contributed by atoms with Gasteiger partial charge in [-0.1, -0.05) is 0 Å². The zero-order valence-corrected chi connectivity index (χ0v) is 12.8. The summed E-state index contributed by atoms with van der Waals surface area (Å²) in [6.07, 6.45) is 5.31. The van der Waals surface area contributed by atoms with Gasteiger partial charge in [-0.25, -0.2) is 4.98 Å². The van der Waals surface area contributed by atoms with Crippen LogP contribution in [-0.2, 0) is 0 Å². The molecule has 1 aromatic carbocycles. The van der Waals surface area contributed by atoms with Crippen LogP contribution in [0, 0.1) is 10.3 Å². The van der Waals surface area contributed by atoms with Gasteiger partial charge in [0.25, 0.3) is 0 Å². The third kappa shape index (κ3) is 3.21.